The molecule has 3 atom stereocenters. The molecule has 5 heteroatoms. The molecule has 1 aromatic carbocycles. The van der Waals surface area contributed by atoms with Gasteiger partial charge >= 0.3 is 0 Å². The average molecular weight is 314 g/mol. The zero-order chi connectivity index (χ0) is 15.1. The van der Waals surface area contributed by atoms with E-state index in [1.54, 1.807) is 0 Å². The Morgan fingerprint density at radius 3 is 2.86 bits per heavy atom. The van der Waals surface area contributed by atoms with Crippen LogP contribution in [0.2, 0.25) is 5.02 Å². The summed E-state index contributed by atoms with van der Waals surface area (Å²) < 4.78 is 11.0. The van der Waals surface area contributed by atoms with Crippen LogP contribution in [0.1, 0.15) is 31.4 Å². The minimum atomic E-state index is -0.513. The van der Waals surface area contributed by atoms with E-state index >= 15 is 0 Å². The number of rotatable bonds is 8. The van der Waals surface area contributed by atoms with Crippen molar-refractivity contribution in [2.75, 3.05) is 26.4 Å². The van der Waals surface area contributed by atoms with Gasteiger partial charge in [0.15, 0.2) is 0 Å². The van der Waals surface area contributed by atoms with E-state index in [0.29, 0.717) is 19.8 Å². The Labute approximate surface area is 131 Å². The zero-order valence-electron chi connectivity index (χ0n) is 12.4. The number of nitrogens with one attached hydrogen (secondary N) is 1. The van der Waals surface area contributed by atoms with Gasteiger partial charge in [-0.25, -0.2) is 0 Å². The van der Waals surface area contributed by atoms with Gasteiger partial charge in [-0.1, -0.05) is 23.7 Å². The van der Waals surface area contributed by atoms with E-state index in [1.165, 1.54) is 0 Å². The average Bonchev–Trinajstić information content (AvgIpc) is 2.99. The van der Waals surface area contributed by atoms with E-state index in [4.69, 9.17) is 21.1 Å². The summed E-state index contributed by atoms with van der Waals surface area (Å²) in [5.74, 6) is 0. The molecule has 1 aliphatic heterocycles. The van der Waals surface area contributed by atoms with Crippen molar-refractivity contribution in [3.63, 3.8) is 0 Å². The highest BCUT2D eigenvalue weighted by Crippen LogP contribution is 2.16. The Bertz CT molecular complexity index is 406. The van der Waals surface area contributed by atoms with E-state index in [-0.39, 0.29) is 12.1 Å². The molecule has 0 amide bonds. The quantitative estimate of drug-likeness (QED) is 0.774. The van der Waals surface area contributed by atoms with Gasteiger partial charge in [0.05, 0.1) is 25.4 Å². The highest BCUT2D eigenvalue weighted by atomic mass is 35.5. The van der Waals surface area contributed by atoms with Gasteiger partial charge in [-0.15, -0.1) is 0 Å². The van der Waals surface area contributed by atoms with Gasteiger partial charge in [0.25, 0.3) is 0 Å². The molecule has 21 heavy (non-hydrogen) atoms. The van der Waals surface area contributed by atoms with Crippen LogP contribution in [0.25, 0.3) is 0 Å². The summed E-state index contributed by atoms with van der Waals surface area (Å²) in [6.45, 7) is 4.29. The lowest BCUT2D eigenvalue weighted by atomic mass is 10.1. The SMILES string of the molecule is C[C@@H](NCC(O)COCC1CCCO1)c1ccc(Cl)cc1. The molecule has 1 saturated heterocycles. The van der Waals surface area contributed by atoms with Gasteiger partial charge in [0.1, 0.15) is 0 Å². The van der Waals surface area contributed by atoms with E-state index in [9.17, 15) is 5.11 Å². The van der Waals surface area contributed by atoms with Crippen LogP contribution in [0, 0.1) is 0 Å². The van der Waals surface area contributed by atoms with Gasteiger partial charge in [-0.05, 0) is 37.5 Å². The second-order valence-electron chi connectivity index (χ2n) is 5.51. The Balaban J connectivity index is 1.61. The predicted octanol–water partition coefficient (Wildman–Crippen LogP) is 2.55. The molecule has 0 aromatic heterocycles. The smallest absolute Gasteiger partial charge is 0.0897 e. The molecule has 0 aliphatic carbocycles. The fourth-order valence-electron chi connectivity index (χ4n) is 2.35. The van der Waals surface area contributed by atoms with Crippen molar-refractivity contribution in [1.82, 2.24) is 5.32 Å². The number of hydrogen-bond acceptors (Lipinski definition) is 4. The number of ether oxygens (including phenoxy) is 2. The Morgan fingerprint density at radius 2 is 2.19 bits per heavy atom. The summed E-state index contributed by atoms with van der Waals surface area (Å²) >= 11 is 5.87. The number of aliphatic hydroxyl groups is 1. The molecule has 1 fully saturated rings. The van der Waals surface area contributed by atoms with Crippen molar-refractivity contribution >= 4 is 11.6 Å². The highest BCUT2D eigenvalue weighted by Gasteiger charge is 2.16. The Morgan fingerprint density at radius 1 is 1.43 bits per heavy atom. The van der Waals surface area contributed by atoms with Gasteiger partial charge in [0, 0.05) is 24.2 Å². The second-order valence-corrected chi connectivity index (χ2v) is 5.94. The van der Waals surface area contributed by atoms with Crippen LogP contribution in [-0.4, -0.2) is 43.7 Å². The maximum Gasteiger partial charge on any atom is 0.0897 e. The molecule has 1 heterocycles. The van der Waals surface area contributed by atoms with Crippen molar-refractivity contribution in [2.24, 2.45) is 0 Å². The van der Waals surface area contributed by atoms with Crippen LogP contribution >= 0.6 is 11.6 Å². The van der Waals surface area contributed by atoms with Crippen molar-refractivity contribution in [2.45, 2.75) is 38.0 Å². The minimum Gasteiger partial charge on any atom is -0.389 e. The lowest BCUT2D eigenvalue weighted by Gasteiger charge is -2.18. The summed E-state index contributed by atoms with van der Waals surface area (Å²) in [5, 5.41) is 13.9. The summed E-state index contributed by atoms with van der Waals surface area (Å²) in [6, 6.07) is 7.88. The fraction of sp³-hybridized carbons (Fsp3) is 0.625. The first-order chi connectivity index (χ1) is 10.1. The van der Waals surface area contributed by atoms with Gasteiger partial charge < -0.3 is 19.9 Å². The molecule has 4 nitrogen and oxygen atoms in total. The topological polar surface area (TPSA) is 50.7 Å². The van der Waals surface area contributed by atoms with Crippen LogP contribution in [0.3, 0.4) is 0 Å². The van der Waals surface area contributed by atoms with Crippen LogP contribution < -0.4 is 5.32 Å². The van der Waals surface area contributed by atoms with Crippen molar-refractivity contribution in [1.29, 1.82) is 0 Å². The largest absolute Gasteiger partial charge is 0.389 e. The molecule has 1 aromatic rings. The Kier molecular flexibility index (Phi) is 6.93. The molecule has 0 saturated carbocycles. The number of aliphatic hydroxyl groups excluding tert-OH is 1. The van der Waals surface area contributed by atoms with E-state index in [0.717, 1.165) is 30.0 Å². The molecule has 0 radical (unpaired) electrons. The van der Waals surface area contributed by atoms with E-state index in [1.807, 2.05) is 24.3 Å². The van der Waals surface area contributed by atoms with Crippen LogP contribution in [0.4, 0.5) is 0 Å². The van der Waals surface area contributed by atoms with E-state index in [2.05, 4.69) is 12.2 Å². The Hall–Kier alpha value is -0.650. The van der Waals surface area contributed by atoms with Crippen molar-refractivity contribution in [3.8, 4) is 0 Å². The third-order valence-electron chi connectivity index (χ3n) is 3.67. The monoisotopic (exact) mass is 313 g/mol. The molecule has 2 rings (SSSR count). The summed E-state index contributed by atoms with van der Waals surface area (Å²) in [4.78, 5) is 0. The van der Waals surface area contributed by atoms with Gasteiger partial charge in [0.2, 0.25) is 0 Å². The predicted molar refractivity (Wildman–Crippen MR) is 83.7 cm³/mol. The summed E-state index contributed by atoms with van der Waals surface area (Å²) in [5.41, 5.74) is 1.15. The normalized spacial score (nSPS) is 21.4. The molecule has 1 aliphatic rings. The van der Waals surface area contributed by atoms with Crippen LogP contribution in [-0.2, 0) is 9.47 Å². The molecular formula is C16H24ClNO3. The molecule has 2 unspecified atom stereocenters. The molecule has 0 bridgehead atoms. The lowest BCUT2D eigenvalue weighted by Crippen LogP contribution is -2.33. The maximum atomic E-state index is 9.91. The van der Waals surface area contributed by atoms with Crippen LogP contribution in [0.15, 0.2) is 24.3 Å². The second kappa shape index (κ2) is 8.71. The standard InChI is InChI=1S/C16H24ClNO3/c1-12(13-4-6-14(17)7-5-13)18-9-15(19)10-20-11-16-3-2-8-21-16/h4-7,12,15-16,18-19H,2-3,8-11H2,1H3/t12-,15?,16?/m1/s1. The summed E-state index contributed by atoms with van der Waals surface area (Å²) in [6.07, 6.45) is 1.86. The zero-order valence-corrected chi connectivity index (χ0v) is 13.2. The van der Waals surface area contributed by atoms with Crippen molar-refractivity contribution < 1.29 is 14.6 Å². The third kappa shape index (κ3) is 5.93. The molecule has 0 spiro atoms. The highest BCUT2D eigenvalue weighted by molar-refractivity contribution is 6.30. The maximum absolute atomic E-state index is 9.91. The molecule has 118 valence electrons. The first kappa shape index (κ1) is 16.7. The molecule has 2 N–H and O–H groups in total. The van der Waals surface area contributed by atoms with E-state index < -0.39 is 6.10 Å². The van der Waals surface area contributed by atoms with Crippen LogP contribution in [0.5, 0.6) is 0 Å². The number of halogens is 1. The number of benzene rings is 1. The third-order valence-corrected chi connectivity index (χ3v) is 3.92. The first-order valence-electron chi connectivity index (χ1n) is 7.51. The van der Waals surface area contributed by atoms with Gasteiger partial charge in [-0.2, -0.15) is 0 Å². The fourth-order valence-corrected chi connectivity index (χ4v) is 2.48. The first-order valence-corrected chi connectivity index (χ1v) is 7.89. The lowest BCUT2D eigenvalue weighted by molar-refractivity contribution is -0.0168. The molecular weight excluding hydrogens is 290 g/mol. The summed E-state index contributed by atoms with van der Waals surface area (Å²) in [7, 11) is 0. The van der Waals surface area contributed by atoms with Crippen molar-refractivity contribution in [3.05, 3.63) is 34.9 Å². The van der Waals surface area contributed by atoms with Gasteiger partial charge in [-0.3, -0.25) is 0 Å². The minimum absolute atomic E-state index is 0.162. The number of hydrogen-bond donors (Lipinski definition) is 2.